The maximum atomic E-state index is 13.1. The van der Waals surface area contributed by atoms with Crippen LogP contribution in [0.4, 0.5) is 19.0 Å². The number of aromatic nitrogens is 4. The Bertz CT molecular complexity index is 1230. The first-order valence-corrected chi connectivity index (χ1v) is 11.2. The minimum atomic E-state index is -3.67. The van der Waals surface area contributed by atoms with Crippen molar-refractivity contribution in [3.05, 3.63) is 42.5 Å². The zero-order valence-electron chi connectivity index (χ0n) is 16.3. The largest absolute Gasteiger partial charge is 0.355 e. The minimum Gasteiger partial charge on any atom is -0.355 e. The van der Waals surface area contributed by atoms with E-state index in [0.717, 1.165) is 23.2 Å². The van der Waals surface area contributed by atoms with E-state index in [1.54, 1.807) is 6.20 Å². The summed E-state index contributed by atoms with van der Waals surface area (Å²) >= 11 is 0. The predicted molar refractivity (Wildman–Crippen MR) is 106 cm³/mol. The highest BCUT2D eigenvalue weighted by atomic mass is 32.2. The quantitative estimate of drug-likeness (QED) is 0.590. The first-order chi connectivity index (χ1) is 14.8. The fraction of sp³-hybridized carbons (Fsp3) is 0.421. The SMILES string of the molecule is O=S(=O)(c1ccc(F)cc1)N1CC2(CCN(c3cnc4cnn(CC(F)F)c4n3)C2)C1. The summed E-state index contributed by atoms with van der Waals surface area (Å²) in [6.45, 7) is 1.42. The van der Waals surface area contributed by atoms with E-state index in [1.807, 2.05) is 4.90 Å². The van der Waals surface area contributed by atoms with E-state index in [2.05, 4.69) is 15.1 Å². The number of halogens is 3. The average molecular weight is 452 g/mol. The molecule has 12 heteroatoms. The van der Waals surface area contributed by atoms with E-state index in [9.17, 15) is 21.6 Å². The van der Waals surface area contributed by atoms with Gasteiger partial charge in [0, 0.05) is 31.6 Å². The fourth-order valence-electron chi connectivity index (χ4n) is 4.27. The lowest BCUT2D eigenvalue weighted by Gasteiger charge is -2.46. The molecule has 2 saturated heterocycles. The second-order valence-electron chi connectivity index (χ2n) is 8.05. The van der Waals surface area contributed by atoms with Crippen LogP contribution in [-0.2, 0) is 16.6 Å². The Kier molecular flexibility index (Phi) is 4.66. The van der Waals surface area contributed by atoms with Gasteiger partial charge in [-0.3, -0.25) is 0 Å². The lowest BCUT2D eigenvalue weighted by Crippen LogP contribution is -2.59. The number of sulfonamides is 1. The Labute approximate surface area is 176 Å². The molecular formula is C19H19F3N6O2S. The van der Waals surface area contributed by atoms with Gasteiger partial charge in [0.1, 0.15) is 23.7 Å². The van der Waals surface area contributed by atoms with Crippen LogP contribution < -0.4 is 4.90 Å². The Morgan fingerprint density at radius 2 is 1.84 bits per heavy atom. The average Bonchev–Trinajstić information content (AvgIpc) is 3.31. The summed E-state index contributed by atoms with van der Waals surface area (Å²) in [4.78, 5) is 10.8. The standard InChI is InChI=1S/C19H19F3N6O2S/c20-13-1-3-14(4-2-13)31(29,30)27-11-19(12-27)5-6-26(10-19)17-8-23-15-7-24-28(9-16(21)22)18(15)25-17/h1-4,7-8,16H,5-6,9-12H2. The van der Waals surface area contributed by atoms with Gasteiger partial charge < -0.3 is 4.90 Å². The number of nitrogens with zero attached hydrogens (tertiary/aromatic N) is 6. The third-order valence-corrected chi connectivity index (χ3v) is 7.69. The predicted octanol–water partition coefficient (Wildman–Crippen LogP) is 2.13. The molecule has 1 aromatic carbocycles. The maximum Gasteiger partial charge on any atom is 0.258 e. The zero-order valence-corrected chi connectivity index (χ0v) is 17.1. The van der Waals surface area contributed by atoms with Gasteiger partial charge in [0.05, 0.1) is 17.3 Å². The van der Waals surface area contributed by atoms with Crippen molar-refractivity contribution in [3.8, 4) is 0 Å². The summed E-state index contributed by atoms with van der Waals surface area (Å²) in [6.07, 6.45) is 1.22. The highest BCUT2D eigenvalue weighted by Crippen LogP contribution is 2.43. The fourth-order valence-corrected chi connectivity index (χ4v) is 5.94. The second kappa shape index (κ2) is 7.16. The van der Waals surface area contributed by atoms with E-state index in [0.29, 0.717) is 43.2 Å². The number of rotatable bonds is 5. The third kappa shape index (κ3) is 3.53. The Hall–Kier alpha value is -2.73. The van der Waals surface area contributed by atoms with Crippen LogP contribution in [0, 0.1) is 11.2 Å². The van der Waals surface area contributed by atoms with E-state index in [1.165, 1.54) is 22.6 Å². The number of anilines is 1. The lowest BCUT2D eigenvalue weighted by atomic mass is 9.81. The summed E-state index contributed by atoms with van der Waals surface area (Å²) in [5.74, 6) is 0.0682. The molecule has 164 valence electrons. The number of fused-ring (bicyclic) bond motifs is 1. The molecule has 0 bridgehead atoms. The van der Waals surface area contributed by atoms with Gasteiger partial charge in [-0.15, -0.1) is 0 Å². The first kappa shape index (κ1) is 20.2. The number of benzene rings is 1. The molecule has 0 amide bonds. The van der Waals surface area contributed by atoms with Gasteiger partial charge in [0.15, 0.2) is 5.65 Å². The Morgan fingerprint density at radius 3 is 2.55 bits per heavy atom. The van der Waals surface area contributed by atoms with E-state index >= 15 is 0 Å². The summed E-state index contributed by atoms with van der Waals surface area (Å²) < 4.78 is 66.7. The molecule has 0 saturated carbocycles. The summed E-state index contributed by atoms with van der Waals surface area (Å²) in [6, 6.07) is 4.80. The van der Waals surface area contributed by atoms with Gasteiger partial charge in [-0.05, 0) is 30.7 Å². The Balaban J connectivity index is 1.30. The minimum absolute atomic E-state index is 0.0715. The number of hydrogen-bond donors (Lipinski definition) is 0. The van der Waals surface area contributed by atoms with Gasteiger partial charge >= 0.3 is 0 Å². The topological polar surface area (TPSA) is 84.2 Å². The molecule has 2 aliphatic rings. The molecule has 0 aliphatic carbocycles. The number of hydrogen-bond acceptors (Lipinski definition) is 6. The monoisotopic (exact) mass is 452 g/mol. The molecule has 0 radical (unpaired) electrons. The molecule has 5 rings (SSSR count). The summed E-state index contributed by atoms with van der Waals surface area (Å²) in [7, 11) is -3.67. The lowest BCUT2D eigenvalue weighted by molar-refractivity contribution is 0.0936. The molecule has 3 aromatic rings. The van der Waals surface area contributed by atoms with Crippen LogP contribution in [0.1, 0.15) is 6.42 Å². The van der Waals surface area contributed by atoms with Crippen molar-refractivity contribution in [3.63, 3.8) is 0 Å². The van der Waals surface area contributed by atoms with Crippen LogP contribution in [0.3, 0.4) is 0 Å². The van der Waals surface area contributed by atoms with Crippen LogP contribution in [0.2, 0.25) is 0 Å². The van der Waals surface area contributed by atoms with Crippen LogP contribution in [-0.4, -0.2) is 65.1 Å². The molecule has 4 heterocycles. The van der Waals surface area contributed by atoms with Crippen LogP contribution in [0.15, 0.2) is 41.6 Å². The smallest absolute Gasteiger partial charge is 0.258 e. The van der Waals surface area contributed by atoms with E-state index in [4.69, 9.17) is 0 Å². The molecule has 0 N–H and O–H groups in total. The molecule has 2 aliphatic heterocycles. The van der Waals surface area contributed by atoms with Crippen molar-refractivity contribution >= 4 is 27.0 Å². The summed E-state index contributed by atoms with van der Waals surface area (Å²) in [5.41, 5.74) is 0.541. The zero-order chi connectivity index (χ0) is 21.8. The van der Waals surface area contributed by atoms with Crippen molar-refractivity contribution in [1.82, 2.24) is 24.1 Å². The van der Waals surface area contributed by atoms with Crippen LogP contribution in [0.5, 0.6) is 0 Å². The van der Waals surface area contributed by atoms with Crippen molar-refractivity contribution in [2.45, 2.75) is 24.3 Å². The van der Waals surface area contributed by atoms with Crippen molar-refractivity contribution < 1.29 is 21.6 Å². The van der Waals surface area contributed by atoms with Gasteiger partial charge in [0.25, 0.3) is 6.43 Å². The van der Waals surface area contributed by atoms with E-state index in [-0.39, 0.29) is 10.3 Å². The maximum absolute atomic E-state index is 13.1. The highest BCUT2D eigenvalue weighted by Gasteiger charge is 2.52. The van der Waals surface area contributed by atoms with Crippen LogP contribution in [0.25, 0.3) is 11.2 Å². The van der Waals surface area contributed by atoms with E-state index < -0.39 is 28.8 Å². The Morgan fingerprint density at radius 1 is 1.10 bits per heavy atom. The van der Waals surface area contributed by atoms with Gasteiger partial charge in [0.2, 0.25) is 10.0 Å². The molecule has 2 aromatic heterocycles. The molecule has 0 atom stereocenters. The summed E-state index contributed by atoms with van der Waals surface area (Å²) in [5, 5.41) is 3.93. The normalized spacial score (nSPS) is 18.9. The van der Waals surface area contributed by atoms with Crippen molar-refractivity contribution in [1.29, 1.82) is 0 Å². The van der Waals surface area contributed by atoms with Gasteiger partial charge in [-0.1, -0.05) is 0 Å². The molecule has 0 unspecified atom stereocenters. The molecule has 2 fully saturated rings. The van der Waals surface area contributed by atoms with Crippen molar-refractivity contribution in [2.75, 3.05) is 31.1 Å². The first-order valence-electron chi connectivity index (χ1n) is 9.73. The molecule has 31 heavy (non-hydrogen) atoms. The second-order valence-corrected chi connectivity index (χ2v) is 9.99. The third-order valence-electron chi connectivity index (χ3n) is 5.88. The molecule has 8 nitrogen and oxygen atoms in total. The van der Waals surface area contributed by atoms with Gasteiger partial charge in [-0.25, -0.2) is 36.2 Å². The molecular weight excluding hydrogens is 433 g/mol. The number of alkyl halides is 2. The van der Waals surface area contributed by atoms with Crippen molar-refractivity contribution in [2.24, 2.45) is 5.41 Å². The molecule has 1 spiro atoms. The van der Waals surface area contributed by atoms with Crippen LogP contribution >= 0.6 is 0 Å². The highest BCUT2D eigenvalue weighted by molar-refractivity contribution is 7.89. The van der Waals surface area contributed by atoms with Gasteiger partial charge in [-0.2, -0.15) is 9.40 Å².